The van der Waals surface area contributed by atoms with Crippen molar-refractivity contribution in [2.24, 2.45) is 0 Å². The highest BCUT2D eigenvalue weighted by Crippen LogP contribution is 2.55. The molecule has 0 nitrogen and oxygen atoms in total. The van der Waals surface area contributed by atoms with Crippen LogP contribution in [0.3, 0.4) is 0 Å². The van der Waals surface area contributed by atoms with Crippen molar-refractivity contribution in [2.75, 3.05) is 0 Å². The van der Waals surface area contributed by atoms with Crippen molar-refractivity contribution in [3.63, 3.8) is 0 Å². The number of halogens is 1. The number of hydrogen-bond donors (Lipinski definition) is 0. The average molecular weight is 449 g/mol. The molecule has 1 unspecified atom stereocenters. The minimum atomic E-state index is -0.324. The molecule has 0 aliphatic carbocycles. The van der Waals surface area contributed by atoms with Gasteiger partial charge < -0.3 is 0 Å². The lowest BCUT2D eigenvalue weighted by atomic mass is 9.68. The zero-order valence-corrected chi connectivity index (χ0v) is 19.3. The summed E-state index contributed by atoms with van der Waals surface area (Å²) in [5.74, 6) is 0. The quantitative estimate of drug-likeness (QED) is 0.259. The monoisotopic (exact) mass is 448 g/mol. The van der Waals surface area contributed by atoms with Crippen LogP contribution in [0, 0.1) is 0 Å². The highest BCUT2D eigenvalue weighted by Gasteiger charge is 2.40. The van der Waals surface area contributed by atoms with Crippen molar-refractivity contribution in [3.8, 4) is 11.1 Å². The summed E-state index contributed by atoms with van der Waals surface area (Å²) >= 11 is 8.52. The molecule has 5 aromatic rings. The van der Waals surface area contributed by atoms with Gasteiger partial charge in [0.15, 0.2) is 0 Å². The van der Waals surface area contributed by atoms with Crippen LogP contribution >= 0.6 is 23.4 Å². The highest BCUT2D eigenvalue weighted by atomic mass is 35.5. The lowest BCUT2D eigenvalue weighted by Gasteiger charge is -2.39. The summed E-state index contributed by atoms with van der Waals surface area (Å²) in [5.41, 5.74) is 6.09. The third kappa shape index (κ3) is 2.85. The van der Waals surface area contributed by atoms with E-state index in [2.05, 4.69) is 110 Å². The molecule has 0 saturated carbocycles. The van der Waals surface area contributed by atoms with Crippen LogP contribution < -0.4 is 0 Å². The summed E-state index contributed by atoms with van der Waals surface area (Å²) in [4.78, 5) is 2.42. The molecule has 2 heteroatoms. The number of hydrogen-bond acceptors (Lipinski definition) is 1. The van der Waals surface area contributed by atoms with Gasteiger partial charge >= 0.3 is 0 Å². The molecule has 0 radical (unpaired) electrons. The van der Waals surface area contributed by atoms with E-state index in [9.17, 15) is 0 Å². The number of rotatable bonds is 2. The van der Waals surface area contributed by atoms with Gasteiger partial charge in [-0.05, 0) is 57.6 Å². The Morgan fingerprint density at radius 2 is 1.22 bits per heavy atom. The normalized spacial score (nSPS) is 17.1. The molecular formula is C30H21ClS. The molecule has 0 N–H and O–H groups in total. The summed E-state index contributed by atoms with van der Waals surface area (Å²) in [6.45, 7) is 2.35. The van der Waals surface area contributed by atoms with E-state index in [1.807, 2.05) is 6.07 Å². The summed E-state index contributed by atoms with van der Waals surface area (Å²) in [5, 5.41) is 3.35. The lowest BCUT2D eigenvalue weighted by Crippen LogP contribution is -2.30. The third-order valence-electron chi connectivity index (χ3n) is 6.69. The predicted octanol–water partition coefficient (Wildman–Crippen LogP) is 8.98. The molecule has 32 heavy (non-hydrogen) atoms. The Balaban J connectivity index is 1.71. The first-order valence-electron chi connectivity index (χ1n) is 10.8. The minimum Gasteiger partial charge on any atom is -0.0879 e. The van der Waals surface area contributed by atoms with Crippen LogP contribution in [0.5, 0.6) is 0 Å². The maximum absolute atomic E-state index is 6.74. The van der Waals surface area contributed by atoms with Crippen LogP contribution in [0.2, 0.25) is 5.02 Å². The van der Waals surface area contributed by atoms with Crippen molar-refractivity contribution in [1.82, 2.24) is 0 Å². The summed E-state index contributed by atoms with van der Waals surface area (Å²) in [6.07, 6.45) is 0. The van der Waals surface area contributed by atoms with E-state index in [1.54, 1.807) is 11.8 Å². The molecule has 0 amide bonds. The van der Waals surface area contributed by atoms with Crippen LogP contribution in [0.15, 0.2) is 119 Å². The molecule has 0 saturated heterocycles. The Morgan fingerprint density at radius 3 is 2.12 bits per heavy atom. The second kappa shape index (κ2) is 7.55. The van der Waals surface area contributed by atoms with Crippen molar-refractivity contribution >= 4 is 34.1 Å². The SMILES string of the molecule is CC1(c2ccccc2-c2cccc3ccccc23)c2ccccc2Sc2c(Cl)cccc21. The molecular weight excluding hydrogens is 428 g/mol. The van der Waals surface area contributed by atoms with Gasteiger partial charge in [-0.15, -0.1) is 0 Å². The fourth-order valence-electron chi connectivity index (χ4n) is 5.13. The molecule has 0 spiro atoms. The molecule has 1 heterocycles. The maximum atomic E-state index is 6.74. The van der Waals surface area contributed by atoms with E-state index in [0.717, 1.165) is 9.92 Å². The summed E-state index contributed by atoms with van der Waals surface area (Å²) in [7, 11) is 0. The van der Waals surface area contributed by atoms with Crippen molar-refractivity contribution in [3.05, 3.63) is 131 Å². The maximum Gasteiger partial charge on any atom is 0.0548 e. The lowest BCUT2D eigenvalue weighted by molar-refractivity contribution is 0.657. The molecule has 5 aromatic carbocycles. The van der Waals surface area contributed by atoms with E-state index in [1.165, 1.54) is 43.5 Å². The predicted molar refractivity (Wildman–Crippen MR) is 137 cm³/mol. The van der Waals surface area contributed by atoms with Crippen molar-refractivity contribution in [2.45, 2.75) is 22.1 Å². The molecule has 1 aliphatic heterocycles. The highest BCUT2D eigenvalue weighted by molar-refractivity contribution is 7.99. The smallest absolute Gasteiger partial charge is 0.0548 e. The first kappa shape index (κ1) is 19.7. The fourth-order valence-corrected chi connectivity index (χ4v) is 6.72. The van der Waals surface area contributed by atoms with Gasteiger partial charge in [-0.2, -0.15) is 0 Å². The Hall–Kier alpha value is -3.00. The standard InChI is InChI=1S/C30H21ClS/c1-30(25-16-6-7-19-28(25)32-29-26(30)17-9-18-27(29)31)24-15-5-4-13-23(24)22-14-8-11-20-10-2-3-12-21(20)22/h2-19H,1H3. The van der Waals surface area contributed by atoms with E-state index in [-0.39, 0.29) is 5.41 Å². The average Bonchev–Trinajstić information content (AvgIpc) is 2.85. The molecule has 0 bridgehead atoms. The van der Waals surface area contributed by atoms with Crippen molar-refractivity contribution in [1.29, 1.82) is 0 Å². The fraction of sp³-hybridized carbons (Fsp3) is 0.0667. The Morgan fingerprint density at radius 1 is 0.594 bits per heavy atom. The first-order valence-corrected chi connectivity index (χ1v) is 12.0. The van der Waals surface area contributed by atoms with Gasteiger partial charge in [0.05, 0.1) is 5.02 Å². The Labute approximate surface area is 197 Å². The molecule has 1 atom stereocenters. The summed E-state index contributed by atoms with van der Waals surface area (Å²) < 4.78 is 0. The van der Waals surface area contributed by atoms with Crippen LogP contribution in [-0.4, -0.2) is 0 Å². The van der Waals surface area contributed by atoms with Crippen LogP contribution in [0.25, 0.3) is 21.9 Å². The van der Waals surface area contributed by atoms with Gasteiger partial charge in [-0.3, -0.25) is 0 Å². The van der Waals surface area contributed by atoms with Gasteiger partial charge in [0.1, 0.15) is 0 Å². The van der Waals surface area contributed by atoms with E-state index in [4.69, 9.17) is 11.6 Å². The molecule has 154 valence electrons. The van der Waals surface area contributed by atoms with E-state index < -0.39 is 0 Å². The second-order valence-electron chi connectivity index (χ2n) is 8.41. The number of benzene rings is 5. The largest absolute Gasteiger partial charge is 0.0879 e. The Kier molecular flexibility index (Phi) is 4.64. The summed E-state index contributed by atoms with van der Waals surface area (Å²) in [6, 6.07) is 39.1. The topological polar surface area (TPSA) is 0 Å². The Bertz CT molecular complexity index is 1480. The van der Waals surface area contributed by atoms with Crippen LogP contribution in [-0.2, 0) is 5.41 Å². The van der Waals surface area contributed by atoms with Gasteiger partial charge in [-0.1, -0.05) is 120 Å². The zero-order chi connectivity index (χ0) is 21.7. The van der Waals surface area contributed by atoms with E-state index >= 15 is 0 Å². The van der Waals surface area contributed by atoms with Crippen LogP contribution in [0.4, 0.5) is 0 Å². The zero-order valence-electron chi connectivity index (χ0n) is 17.7. The van der Waals surface area contributed by atoms with E-state index in [0.29, 0.717) is 0 Å². The van der Waals surface area contributed by atoms with Gasteiger partial charge in [0.25, 0.3) is 0 Å². The van der Waals surface area contributed by atoms with Crippen molar-refractivity contribution < 1.29 is 0 Å². The molecule has 0 fully saturated rings. The van der Waals surface area contributed by atoms with Crippen LogP contribution in [0.1, 0.15) is 23.6 Å². The minimum absolute atomic E-state index is 0.324. The molecule has 6 rings (SSSR count). The molecule has 1 aliphatic rings. The first-order chi connectivity index (χ1) is 15.7. The number of fused-ring (bicyclic) bond motifs is 3. The van der Waals surface area contributed by atoms with Gasteiger partial charge in [0, 0.05) is 15.2 Å². The van der Waals surface area contributed by atoms with Gasteiger partial charge in [0.2, 0.25) is 0 Å². The third-order valence-corrected chi connectivity index (χ3v) is 8.34. The van der Waals surface area contributed by atoms with Gasteiger partial charge in [-0.25, -0.2) is 0 Å². The molecule has 0 aromatic heterocycles. The second-order valence-corrected chi connectivity index (χ2v) is 9.87.